The largest absolute Gasteiger partial charge is 0.472 e. The van der Waals surface area contributed by atoms with Gasteiger partial charge in [-0.25, -0.2) is 4.57 Å². The Morgan fingerprint density at radius 3 is 1.67 bits per heavy atom. The van der Waals surface area contributed by atoms with Crippen molar-refractivity contribution in [2.45, 2.75) is 166 Å². The molecule has 52 heavy (non-hydrogen) atoms. The number of phosphoric ester groups is 1. The van der Waals surface area contributed by atoms with E-state index in [1.165, 1.54) is 19.3 Å². The van der Waals surface area contributed by atoms with Crippen LogP contribution in [-0.4, -0.2) is 98.3 Å². The van der Waals surface area contributed by atoms with Crippen LogP contribution in [-0.2, 0) is 32.7 Å². The first kappa shape index (κ1) is 47.8. The number of aliphatic hydroxyl groups is 5. The van der Waals surface area contributed by atoms with E-state index in [0.29, 0.717) is 12.8 Å². The van der Waals surface area contributed by atoms with E-state index in [4.69, 9.17) is 18.5 Å². The van der Waals surface area contributed by atoms with Crippen molar-refractivity contribution < 1.29 is 63.1 Å². The Morgan fingerprint density at radius 2 is 1.10 bits per heavy atom. The van der Waals surface area contributed by atoms with Crippen LogP contribution in [0, 0.1) is 0 Å². The Balaban J connectivity index is 2.59. The highest BCUT2D eigenvalue weighted by atomic mass is 31.2. The first-order chi connectivity index (χ1) is 24.9. The van der Waals surface area contributed by atoms with Gasteiger partial charge in [-0.2, -0.15) is 0 Å². The smallest absolute Gasteiger partial charge is 0.462 e. The van der Waals surface area contributed by atoms with Crippen LogP contribution in [0.1, 0.15) is 123 Å². The van der Waals surface area contributed by atoms with Crippen LogP contribution in [0.15, 0.2) is 48.6 Å². The summed E-state index contributed by atoms with van der Waals surface area (Å²) < 4.78 is 33.2. The number of hydrogen-bond acceptors (Lipinski definition) is 12. The Labute approximate surface area is 310 Å². The summed E-state index contributed by atoms with van der Waals surface area (Å²) in [5.74, 6) is -1.16. The maximum absolute atomic E-state index is 12.7. The van der Waals surface area contributed by atoms with Gasteiger partial charge in [0, 0.05) is 12.8 Å². The van der Waals surface area contributed by atoms with E-state index in [2.05, 4.69) is 56.4 Å². The van der Waals surface area contributed by atoms with Gasteiger partial charge in [0.2, 0.25) is 0 Å². The second kappa shape index (κ2) is 29.2. The third-order valence-corrected chi connectivity index (χ3v) is 9.42. The number of aliphatic hydroxyl groups excluding tert-OH is 5. The highest BCUT2D eigenvalue weighted by molar-refractivity contribution is 7.47. The van der Waals surface area contributed by atoms with Crippen molar-refractivity contribution in [2.75, 3.05) is 13.2 Å². The molecule has 0 saturated heterocycles. The average Bonchev–Trinajstić information content (AvgIpc) is 3.12. The molecule has 0 aromatic carbocycles. The average molecular weight is 761 g/mol. The lowest BCUT2D eigenvalue weighted by Crippen LogP contribution is -2.64. The van der Waals surface area contributed by atoms with Gasteiger partial charge in [0.15, 0.2) is 6.10 Å². The molecule has 300 valence electrons. The quantitative estimate of drug-likeness (QED) is 0.0236. The van der Waals surface area contributed by atoms with Crippen molar-refractivity contribution >= 4 is 19.8 Å². The van der Waals surface area contributed by atoms with Crippen LogP contribution in [0.5, 0.6) is 0 Å². The summed E-state index contributed by atoms with van der Waals surface area (Å²) >= 11 is 0. The fourth-order valence-electron chi connectivity index (χ4n) is 5.33. The van der Waals surface area contributed by atoms with Crippen molar-refractivity contribution in [3.63, 3.8) is 0 Å². The lowest BCUT2D eigenvalue weighted by Gasteiger charge is -2.41. The summed E-state index contributed by atoms with van der Waals surface area (Å²) in [5.41, 5.74) is 0. The monoisotopic (exact) mass is 760 g/mol. The van der Waals surface area contributed by atoms with E-state index in [9.17, 15) is 44.6 Å². The molecule has 1 aliphatic rings. The molecule has 0 radical (unpaired) electrons. The fourth-order valence-corrected chi connectivity index (χ4v) is 6.31. The molecule has 0 aromatic rings. The zero-order valence-corrected chi connectivity index (χ0v) is 32.0. The lowest BCUT2D eigenvalue weighted by atomic mass is 9.85. The highest BCUT2D eigenvalue weighted by Crippen LogP contribution is 2.47. The summed E-state index contributed by atoms with van der Waals surface area (Å²) in [6.45, 7) is 3.06. The fraction of sp³-hybridized carbons (Fsp3) is 0.737. The van der Waals surface area contributed by atoms with Crippen molar-refractivity contribution in [1.29, 1.82) is 0 Å². The summed E-state index contributed by atoms with van der Waals surface area (Å²) in [7, 11) is -5.12. The summed E-state index contributed by atoms with van der Waals surface area (Å²) in [4.78, 5) is 35.3. The first-order valence-electron chi connectivity index (χ1n) is 18.9. The number of carbonyl (C=O) groups excluding carboxylic acids is 2. The van der Waals surface area contributed by atoms with E-state index in [0.717, 1.165) is 64.2 Å². The zero-order valence-electron chi connectivity index (χ0n) is 31.1. The van der Waals surface area contributed by atoms with Gasteiger partial charge in [-0.05, 0) is 51.4 Å². The Hall–Kier alpha value is -2.19. The predicted molar refractivity (Wildman–Crippen MR) is 198 cm³/mol. The Kier molecular flexibility index (Phi) is 26.9. The van der Waals surface area contributed by atoms with Crippen molar-refractivity contribution in [2.24, 2.45) is 0 Å². The van der Waals surface area contributed by atoms with Crippen LogP contribution in [0.25, 0.3) is 0 Å². The molecule has 14 heteroatoms. The van der Waals surface area contributed by atoms with E-state index < -0.39 is 75.7 Å². The molecule has 0 aliphatic heterocycles. The van der Waals surface area contributed by atoms with Crippen LogP contribution in [0.2, 0.25) is 0 Å². The number of phosphoric acid groups is 1. The number of unbranched alkanes of at least 4 members (excludes halogenated alkanes) is 9. The number of esters is 2. The molecule has 6 N–H and O–H groups in total. The Bertz CT molecular complexity index is 1110. The number of hydrogen-bond donors (Lipinski definition) is 6. The molecule has 1 saturated carbocycles. The van der Waals surface area contributed by atoms with E-state index in [1.807, 2.05) is 6.08 Å². The van der Waals surface area contributed by atoms with Gasteiger partial charge in [-0.3, -0.25) is 18.6 Å². The third kappa shape index (κ3) is 22.1. The van der Waals surface area contributed by atoms with Crippen LogP contribution < -0.4 is 0 Å². The maximum atomic E-state index is 12.7. The molecular formula is C38H65O13P. The van der Waals surface area contributed by atoms with Gasteiger partial charge in [0.05, 0.1) is 6.61 Å². The SMILES string of the molecule is CC/C=C/C/C=C/C/C=C/C/C=C/CCCCC(=O)O[C@H](COC(=O)CCCCCCCCCC)COP(=O)(O)OC1C(O)C(O)C(O)[C@@H](O)C1O. The molecular weight excluding hydrogens is 695 g/mol. The van der Waals surface area contributed by atoms with Crippen molar-refractivity contribution in [3.8, 4) is 0 Å². The zero-order chi connectivity index (χ0) is 38.6. The molecule has 0 heterocycles. The van der Waals surface area contributed by atoms with Crippen LogP contribution >= 0.6 is 7.82 Å². The van der Waals surface area contributed by atoms with Gasteiger partial charge in [0.25, 0.3) is 0 Å². The van der Waals surface area contributed by atoms with Crippen LogP contribution in [0.4, 0.5) is 0 Å². The predicted octanol–water partition coefficient (Wildman–Crippen LogP) is 5.66. The number of rotatable bonds is 29. The summed E-state index contributed by atoms with van der Waals surface area (Å²) in [5, 5.41) is 49.8. The number of allylic oxidation sites excluding steroid dienone is 8. The molecule has 13 nitrogen and oxygen atoms in total. The van der Waals surface area contributed by atoms with E-state index in [1.54, 1.807) is 0 Å². The van der Waals surface area contributed by atoms with E-state index >= 15 is 0 Å². The van der Waals surface area contributed by atoms with Gasteiger partial charge >= 0.3 is 19.8 Å². The summed E-state index contributed by atoms with van der Waals surface area (Å²) in [6.07, 6.45) is 17.8. The minimum atomic E-state index is -5.12. The molecule has 0 bridgehead atoms. The lowest BCUT2D eigenvalue weighted by molar-refractivity contribution is -0.220. The molecule has 8 atom stereocenters. The second-order valence-electron chi connectivity index (χ2n) is 13.1. The van der Waals surface area contributed by atoms with Crippen LogP contribution in [0.3, 0.4) is 0 Å². The summed E-state index contributed by atoms with van der Waals surface area (Å²) in [6, 6.07) is 0. The molecule has 1 fully saturated rings. The first-order valence-corrected chi connectivity index (χ1v) is 20.4. The second-order valence-corrected chi connectivity index (χ2v) is 14.5. The van der Waals surface area contributed by atoms with Crippen molar-refractivity contribution in [1.82, 2.24) is 0 Å². The molecule has 0 amide bonds. The van der Waals surface area contributed by atoms with Gasteiger partial charge in [0.1, 0.15) is 43.2 Å². The molecule has 1 rings (SSSR count). The van der Waals surface area contributed by atoms with Gasteiger partial charge in [-0.15, -0.1) is 0 Å². The van der Waals surface area contributed by atoms with Gasteiger partial charge < -0.3 is 39.9 Å². The Morgan fingerprint density at radius 1 is 0.615 bits per heavy atom. The standard InChI is InChI=1S/C38H65O13P/c1-3-5-7-9-11-13-14-15-16-17-18-19-21-23-25-27-32(40)50-30(28-48-31(39)26-24-22-20-12-10-8-6-4-2)29-49-52(46,47)51-38-36(44)34(42)33(41)35(43)37(38)45/h5,7,11,13,15-16,18-19,30,33-38,41-45H,3-4,6,8-10,12,14,17,20-29H2,1-2H3,(H,46,47)/b7-5+,13-11+,16-15+,19-18+/t30-,33?,34-,35?,36?,37?,38?/m1/s1. The number of ether oxygens (including phenoxy) is 2. The number of carbonyl (C=O) groups is 2. The highest BCUT2D eigenvalue weighted by Gasteiger charge is 2.51. The molecule has 0 aromatic heterocycles. The third-order valence-electron chi connectivity index (χ3n) is 8.43. The minimum Gasteiger partial charge on any atom is -0.462 e. The molecule has 6 unspecified atom stereocenters. The normalized spacial score (nSPS) is 24.2. The molecule has 0 spiro atoms. The van der Waals surface area contributed by atoms with Gasteiger partial charge in [-0.1, -0.05) is 107 Å². The molecule has 1 aliphatic carbocycles. The van der Waals surface area contributed by atoms with E-state index in [-0.39, 0.29) is 12.8 Å². The topological polar surface area (TPSA) is 210 Å². The van der Waals surface area contributed by atoms with Crippen molar-refractivity contribution in [3.05, 3.63) is 48.6 Å². The minimum absolute atomic E-state index is 0.0437. The maximum Gasteiger partial charge on any atom is 0.472 e.